The molecule has 150 valence electrons. The van der Waals surface area contributed by atoms with Crippen LogP contribution in [0.4, 0.5) is 0 Å². The summed E-state index contributed by atoms with van der Waals surface area (Å²) in [5.74, 6) is -0.629. The van der Waals surface area contributed by atoms with Crippen LogP contribution in [0.2, 0.25) is 0 Å². The minimum Gasteiger partial charge on any atom is -0.343 e. The maximum atomic E-state index is 12.8. The standard InChI is InChI=1S/C15H20N2O7S3/c18-12-16-5-7-17(8-6-16)27(23,24)14-3-1-2-13(10-14)26(21,22)15-4-9-25(19,20)11-15/h1-3,10,12,15H,4-9,11H2. The normalized spacial score (nSPS) is 24.0. The zero-order valence-electron chi connectivity index (χ0n) is 14.4. The second-order valence-corrected chi connectivity index (χ2v) is 13.0. The monoisotopic (exact) mass is 436 g/mol. The summed E-state index contributed by atoms with van der Waals surface area (Å²) in [5, 5.41) is -1.06. The van der Waals surface area contributed by atoms with Crippen LogP contribution in [-0.4, -0.2) is 83.8 Å². The predicted octanol–water partition coefficient (Wildman–Crippen LogP) is -0.890. The van der Waals surface area contributed by atoms with Gasteiger partial charge < -0.3 is 4.90 Å². The van der Waals surface area contributed by atoms with Gasteiger partial charge >= 0.3 is 0 Å². The molecular formula is C15H20N2O7S3. The Bertz CT molecular complexity index is 1040. The van der Waals surface area contributed by atoms with E-state index in [1.165, 1.54) is 27.4 Å². The van der Waals surface area contributed by atoms with Gasteiger partial charge in [0.15, 0.2) is 19.7 Å². The molecule has 0 N–H and O–H groups in total. The highest BCUT2D eigenvalue weighted by Crippen LogP contribution is 2.27. The first-order valence-electron chi connectivity index (χ1n) is 8.30. The molecule has 1 unspecified atom stereocenters. The number of sulfonamides is 1. The third-order valence-electron chi connectivity index (χ3n) is 4.82. The first-order chi connectivity index (χ1) is 12.6. The summed E-state index contributed by atoms with van der Waals surface area (Å²) >= 11 is 0. The van der Waals surface area contributed by atoms with Crippen LogP contribution in [-0.2, 0) is 34.5 Å². The second-order valence-electron chi connectivity index (χ2n) is 6.59. The minimum atomic E-state index is -3.95. The Morgan fingerprint density at radius 3 is 2.19 bits per heavy atom. The topological polar surface area (TPSA) is 126 Å². The fraction of sp³-hybridized carbons (Fsp3) is 0.533. The van der Waals surface area contributed by atoms with Crippen LogP contribution in [0.1, 0.15) is 6.42 Å². The lowest BCUT2D eigenvalue weighted by molar-refractivity contribution is -0.119. The number of piperazine rings is 1. The van der Waals surface area contributed by atoms with Crippen molar-refractivity contribution in [3.05, 3.63) is 24.3 Å². The van der Waals surface area contributed by atoms with Crippen molar-refractivity contribution in [2.75, 3.05) is 37.7 Å². The highest BCUT2D eigenvalue weighted by Gasteiger charge is 2.38. The molecule has 2 fully saturated rings. The van der Waals surface area contributed by atoms with Gasteiger partial charge in [-0.25, -0.2) is 25.3 Å². The first-order valence-corrected chi connectivity index (χ1v) is 13.1. The molecule has 0 bridgehead atoms. The van der Waals surface area contributed by atoms with Gasteiger partial charge in [-0.15, -0.1) is 0 Å². The molecule has 0 spiro atoms. The van der Waals surface area contributed by atoms with E-state index in [2.05, 4.69) is 0 Å². The largest absolute Gasteiger partial charge is 0.343 e. The van der Waals surface area contributed by atoms with Crippen molar-refractivity contribution in [1.29, 1.82) is 0 Å². The number of rotatable bonds is 5. The summed E-state index contributed by atoms with van der Waals surface area (Å²) in [5.41, 5.74) is 0. The van der Waals surface area contributed by atoms with E-state index in [-0.39, 0.29) is 48.1 Å². The fourth-order valence-electron chi connectivity index (χ4n) is 3.21. The Kier molecular flexibility index (Phi) is 5.36. The molecule has 2 aliphatic rings. The minimum absolute atomic E-state index is 0.00923. The molecule has 1 aromatic carbocycles. The van der Waals surface area contributed by atoms with Gasteiger partial charge in [0.2, 0.25) is 16.4 Å². The van der Waals surface area contributed by atoms with Crippen molar-refractivity contribution in [3.63, 3.8) is 0 Å². The fourth-order valence-corrected chi connectivity index (χ4v) is 9.16. The molecular weight excluding hydrogens is 416 g/mol. The van der Waals surface area contributed by atoms with Gasteiger partial charge in [0.25, 0.3) is 0 Å². The van der Waals surface area contributed by atoms with Crippen LogP contribution in [0.5, 0.6) is 0 Å². The second kappa shape index (κ2) is 7.15. The molecule has 0 saturated carbocycles. The van der Waals surface area contributed by atoms with Crippen LogP contribution < -0.4 is 0 Å². The average Bonchev–Trinajstić information content (AvgIpc) is 3.02. The van der Waals surface area contributed by atoms with Crippen LogP contribution in [0.25, 0.3) is 0 Å². The molecule has 1 amide bonds. The number of sulfone groups is 2. The number of benzene rings is 1. The summed E-state index contributed by atoms with van der Waals surface area (Å²) in [4.78, 5) is 11.9. The van der Waals surface area contributed by atoms with Gasteiger partial charge in [0.1, 0.15) is 0 Å². The molecule has 0 aliphatic carbocycles. The van der Waals surface area contributed by atoms with Crippen LogP contribution >= 0.6 is 0 Å². The lowest BCUT2D eigenvalue weighted by Gasteiger charge is -2.31. The number of hydrogen-bond donors (Lipinski definition) is 0. The molecule has 2 aliphatic heterocycles. The van der Waals surface area contributed by atoms with Gasteiger partial charge in [-0.3, -0.25) is 4.79 Å². The summed E-state index contributed by atoms with van der Waals surface area (Å²) in [6, 6.07) is 5.02. The number of nitrogens with zero attached hydrogens (tertiary/aromatic N) is 2. The summed E-state index contributed by atoms with van der Waals surface area (Å²) in [6.07, 6.45) is 0.669. The van der Waals surface area contributed by atoms with Gasteiger partial charge in [0, 0.05) is 26.2 Å². The Balaban J connectivity index is 1.88. The Morgan fingerprint density at radius 1 is 1.00 bits per heavy atom. The highest BCUT2D eigenvalue weighted by atomic mass is 32.2. The van der Waals surface area contributed by atoms with Crippen molar-refractivity contribution in [1.82, 2.24) is 9.21 Å². The first kappa shape index (κ1) is 20.2. The van der Waals surface area contributed by atoms with E-state index in [0.29, 0.717) is 6.41 Å². The summed E-state index contributed by atoms with van der Waals surface area (Å²) in [6.45, 7) is 0.777. The summed E-state index contributed by atoms with van der Waals surface area (Å²) in [7, 11) is -11.3. The molecule has 9 nitrogen and oxygen atoms in total. The van der Waals surface area contributed by atoms with E-state index in [4.69, 9.17) is 0 Å². The molecule has 3 rings (SSSR count). The lowest BCUT2D eigenvalue weighted by Crippen LogP contribution is -2.47. The van der Waals surface area contributed by atoms with E-state index in [0.717, 1.165) is 6.07 Å². The molecule has 12 heteroatoms. The number of amides is 1. The molecule has 1 atom stereocenters. The molecule has 27 heavy (non-hydrogen) atoms. The SMILES string of the molecule is O=CN1CCN(S(=O)(=O)c2cccc(S(=O)(=O)C3CCS(=O)(=O)C3)c2)CC1. The zero-order chi connectivity index (χ0) is 19.9. The Morgan fingerprint density at radius 2 is 1.63 bits per heavy atom. The maximum absolute atomic E-state index is 12.8. The van der Waals surface area contributed by atoms with Crippen molar-refractivity contribution in [2.45, 2.75) is 21.5 Å². The molecule has 1 aromatic rings. The van der Waals surface area contributed by atoms with E-state index in [1.807, 2.05) is 0 Å². The van der Waals surface area contributed by atoms with Crippen LogP contribution in [0, 0.1) is 0 Å². The molecule has 0 aromatic heterocycles. The Hall–Kier alpha value is -1.50. The number of carbonyl (C=O) groups excluding carboxylic acids is 1. The van der Waals surface area contributed by atoms with E-state index >= 15 is 0 Å². The van der Waals surface area contributed by atoms with Gasteiger partial charge in [-0.1, -0.05) is 6.07 Å². The van der Waals surface area contributed by atoms with Crippen molar-refractivity contribution in [2.24, 2.45) is 0 Å². The third-order valence-corrected chi connectivity index (χ3v) is 10.9. The van der Waals surface area contributed by atoms with E-state index in [1.54, 1.807) is 0 Å². The third kappa shape index (κ3) is 4.03. The van der Waals surface area contributed by atoms with Crippen molar-refractivity contribution >= 4 is 36.1 Å². The van der Waals surface area contributed by atoms with E-state index < -0.39 is 40.7 Å². The number of hydrogen-bond acceptors (Lipinski definition) is 7. The van der Waals surface area contributed by atoms with Gasteiger partial charge in [0.05, 0.1) is 26.5 Å². The van der Waals surface area contributed by atoms with E-state index in [9.17, 15) is 30.0 Å². The quantitative estimate of drug-likeness (QED) is 0.548. The summed E-state index contributed by atoms with van der Waals surface area (Å²) < 4.78 is 75.5. The van der Waals surface area contributed by atoms with Crippen molar-refractivity contribution < 1.29 is 30.0 Å². The maximum Gasteiger partial charge on any atom is 0.243 e. The van der Waals surface area contributed by atoms with Crippen LogP contribution in [0.3, 0.4) is 0 Å². The highest BCUT2D eigenvalue weighted by molar-refractivity contribution is 7.96. The smallest absolute Gasteiger partial charge is 0.243 e. The van der Waals surface area contributed by atoms with Crippen molar-refractivity contribution in [3.8, 4) is 0 Å². The molecule has 0 radical (unpaired) electrons. The number of carbonyl (C=O) groups is 1. The lowest BCUT2D eigenvalue weighted by atomic mass is 10.4. The van der Waals surface area contributed by atoms with Gasteiger partial charge in [-0.2, -0.15) is 4.31 Å². The predicted molar refractivity (Wildman–Crippen MR) is 97.1 cm³/mol. The molecule has 2 heterocycles. The molecule has 2 saturated heterocycles. The van der Waals surface area contributed by atoms with Gasteiger partial charge in [-0.05, 0) is 24.6 Å². The average molecular weight is 437 g/mol. The zero-order valence-corrected chi connectivity index (χ0v) is 16.8. The Labute approximate surface area is 158 Å². The van der Waals surface area contributed by atoms with Crippen LogP contribution in [0.15, 0.2) is 34.1 Å².